The van der Waals surface area contributed by atoms with E-state index in [1.165, 1.54) is 6.42 Å². The van der Waals surface area contributed by atoms with Crippen molar-refractivity contribution >= 4 is 20.1 Å². The minimum atomic E-state index is -1.97. The Morgan fingerprint density at radius 3 is 2.32 bits per heavy atom. The van der Waals surface area contributed by atoms with Crippen molar-refractivity contribution in [3.8, 4) is 0 Å². The summed E-state index contributed by atoms with van der Waals surface area (Å²) in [4.78, 5) is 23.6. The molecular formula is C30H54O6Si. The van der Waals surface area contributed by atoms with Crippen LogP contribution in [0, 0.1) is 11.8 Å². The van der Waals surface area contributed by atoms with Crippen LogP contribution in [-0.2, 0) is 23.5 Å². The van der Waals surface area contributed by atoms with Gasteiger partial charge < -0.3 is 19.0 Å². The molecule has 37 heavy (non-hydrogen) atoms. The van der Waals surface area contributed by atoms with E-state index in [1.54, 1.807) is 6.92 Å². The molecule has 4 atom stereocenters. The molecule has 0 spiro atoms. The molecular weight excluding hydrogens is 484 g/mol. The monoisotopic (exact) mass is 538 g/mol. The standard InChI is InChI=1S/C30H54O6Si/c1-10-11-14-17-24(36-37(8,9)29(3,4)5)20-21-26(27-22-34-30(6,7)35-27)25(23(2)31)18-15-12-13-16-19-28(32)33/h12,15,20-21,24-27H,10-11,13-14,16-19,22H2,1-9H3,(H,32,33)/b15-12-,21-20+/t24-,25?,26+,27-/m0/s1. The number of unbranched alkanes of at least 4 members (excludes halogenated alkanes) is 3. The molecule has 0 aromatic heterocycles. The van der Waals surface area contributed by atoms with Crippen LogP contribution in [0.4, 0.5) is 0 Å². The molecule has 0 radical (unpaired) electrons. The maximum Gasteiger partial charge on any atom is 0.303 e. The molecule has 7 heteroatoms. The second kappa shape index (κ2) is 15.3. The van der Waals surface area contributed by atoms with Crippen LogP contribution in [0.5, 0.6) is 0 Å². The molecule has 0 aromatic carbocycles. The Hall–Kier alpha value is -1.28. The Morgan fingerprint density at radius 1 is 1.14 bits per heavy atom. The minimum absolute atomic E-state index is 0.00411. The predicted molar refractivity (Wildman–Crippen MR) is 153 cm³/mol. The van der Waals surface area contributed by atoms with Gasteiger partial charge in [-0.3, -0.25) is 9.59 Å². The molecule has 1 rings (SSSR count). The molecule has 0 saturated carbocycles. The number of hydrogen-bond donors (Lipinski definition) is 1. The zero-order valence-corrected chi connectivity index (χ0v) is 26.0. The summed E-state index contributed by atoms with van der Waals surface area (Å²) in [6.07, 6.45) is 14.6. The molecule has 1 unspecified atom stereocenters. The van der Waals surface area contributed by atoms with E-state index < -0.39 is 20.1 Å². The second-order valence-electron chi connectivity index (χ2n) is 12.5. The first-order valence-electron chi connectivity index (χ1n) is 14.1. The number of carbonyl (C=O) groups is 2. The van der Waals surface area contributed by atoms with Gasteiger partial charge in [0.2, 0.25) is 0 Å². The van der Waals surface area contributed by atoms with Gasteiger partial charge in [-0.15, -0.1) is 0 Å². The lowest BCUT2D eigenvalue weighted by Crippen LogP contribution is -2.43. The molecule has 6 nitrogen and oxygen atoms in total. The number of allylic oxidation sites excluding steroid dienone is 2. The van der Waals surface area contributed by atoms with Crippen molar-refractivity contribution in [1.29, 1.82) is 0 Å². The molecule has 0 bridgehead atoms. The van der Waals surface area contributed by atoms with Crippen molar-refractivity contribution < 1.29 is 28.6 Å². The van der Waals surface area contributed by atoms with Gasteiger partial charge >= 0.3 is 5.97 Å². The predicted octanol–water partition coefficient (Wildman–Crippen LogP) is 7.69. The van der Waals surface area contributed by atoms with E-state index in [0.717, 1.165) is 19.3 Å². The fraction of sp³-hybridized carbons (Fsp3) is 0.800. The molecule has 0 aromatic rings. The lowest BCUT2D eigenvalue weighted by molar-refractivity contribution is -0.147. The number of hydrogen-bond acceptors (Lipinski definition) is 5. The van der Waals surface area contributed by atoms with Crippen molar-refractivity contribution in [2.75, 3.05) is 6.61 Å². The van der Waals surface area contributed by atoms with Gasteiger partial charge in [-0.2, -0.15) is 0 Å². The number of ketones is 1. The molecule has 0 aliphatic carbocycles. The number of carboxylic acids is 1. The normalized spacial score (nSPS) is 20.9. The number of ether oxygens (including phenoxy) is 2. The first kappa shape index (κ1) is 33.7. The van der Waals surface area contributed by atoms with Gasteiger partial charge in [-0.1, -0.05) is 71.3 Å². The average molecular weight is 539 g/mol. The zero-order valence-electron chi connectivity index (χ0n) is 25.0. The van der Waals surface area contributed by atoms with Crippen LogP contribution < -0.4 is 0 Å². The van der Waals surface area contributed by atoms with Crippen molar-refractivity contribution in [2.24, 2.45) is 11.8 Å². The lowest BCUT2D eigenvalue weighted by Gasteiger charge is -2.39. The Bertz CT molecular complexity index is 765. The Labute approximate surface area is 227 Å². The fourth-order valence-electron chi connectivity index (χ4n) is 4.35. The van der Waals surface area contributed by atoms with Crippen molar-refractivity contribution in [3.63, 3.8) is 0 Å². The zero-order chi connectivity index (χ0) is 28.3. The number of carboxylic acid groups (broad SMARTS) is 1. The highest BCUT2D eigenvalue weighted by molar-refractivity contribution is 6.74. The summed E-state index contributed by atoms with van der Waals surface area (Å²) in [5.74, 6) is -1.73. The summed E-state index contributed by atoms with van der Waals surface area (Å²) < 4.78 is 19.0. The van der Waals surface area contributed by atoms with E-state index in [9.17, 15) is 9.59 Å². The van der Waals surface area contributed by atoms with Gasteiger partial charge in [0.1, 0.15) is 5.78 Å². The molecule has 0 amide bonds. The third kappa shape index (κ3) is 12.4. The van der Waals surface area contributed by atoms with Gasteiger partial charge in [0.05, 0.1) is 18.8 Å². The van der Waals surface area contributed by atoms with Crippen LogP contribution in [0.3, 0.4) is 0 Å². The second-order valence-corrected chi connectivity index (χ2v) is 17.2. The summed E-state index contributed by atoms with van der Waals surface area (Å²) in [6.45, 7) is 19.5. The van der Waals surface area contributed by atoms with Crippen LogP contribution in [0.1, 0.15) is 99.8 Å². The quantitative estimate of drug-likeness (QED) is 0.116. The van der Waals surface area contributed by atoms with Gasteiger partial charge in [-0.25, -0.2) is 0 Å². The van der Waals surface area contributed by atoms with E-state index in [4.69, 9.17) is 19.0 Å². The molecule has 214 valence electrons. The van der Waals surface area contributed by atoms with Crippen LogP contribution in [0.25, 0.3) is 0 Å². The fourth-order valence-corrected chi connectivity index (χ4v) is 5.65. The third-order valence-electron chi connectivity index (χ3n) is 7.66. The summed E-state index contributed by atoms with van der Waals surface area (Å²) in [5.41, 5.74) is 0. The highest BCUT2D eigenvalue weighted by Crippen LogP contribution is 2.38. The maximum atomic E-state index is 12.9. The largest absolute Gasteiger partial charge is 0.481 e. The van der Waals surface area contributed by atoms with E-state index in [0.29, 0.717) is 25.9 Å². The van der Waals surface area contributed by atoms with Gasteiger partial charge in [0.25, 0.3) is 0 Å². The maximum absolute atomic E-state index is 12.9. The van der Waals surface area contributed by atoms with Crippen LogP contribution in [0.2, 0.25) is 18.1 Å². The van der Waals surface area contributed by atoms with Crippen molar-refractivity contribution in [3.05, 3.63) is 24.3 Å². The molecule has 1 saturated heterocycles. The van der Waals surface area contributed by atoms with Crippen LogP contribution >= 0.6 is 0 Å². The van der Waals surface area contributed by atoms with Crippen molar-refractivity contribution in [1.82, 2.24) is 0 Å². The summed E-state index contributed by atoms with van der Waals surface area (Å²) in [7, 11) is -1.97. The van der Waals surface area contributed by atoms with Crippen molar-refractivity contribution in [2.45, 2.75) is 136 Å². The highest BCUT2D eigenvalue weighted by Gasteiger charge is 2.41. The van der Waals surface area contributed by atoms with E-state index in [-0.39, 0.29) is 41.3 Å². The summed E-state index contributed by atoms with van der Waals surface area (Å²) in [6, 6.07) is 0. The van der Waals surface area contributed by atoms with Gasteiger partial charge in [0.15, 0.2) is 14.1 Å². The first-order chi connectivity index (χ1) is 17.1. The molecule has 1 N–H and O–H groups in total. The number of rotatable bonds is 17. The lowest BCUT2D eigenvalue weighted by atomic mass is 9.82. The SMILES string of the molecule is CCCCC[C@@H](/C=C/[C@H](C(C/C=C\CCCC(=O)O)C(C)=O)[C@@H]1COC(C)(C)O1)O[Si](C)(C)C(C)(C)C. The Morgan fingerprint density at radius 2 is 1.81 bits per heavy atom. The summed E-state index contributed by atoms with van der Waals surface area (Å²) in [5, 5.41) is 8.96. The molecule has 1 aliphatic rings. The Balaban J connectivity index is 3.17. The van der Waals surface area contributed by atoms with Gasteiger partial charge in [-0.05, 0) is 64.6 Å². The highest BCUT2D eigenvalue weighted by atomic mass is 28.4. The number of Topliss-reactive ketones (excluding diaryl/α,β-unsaturated/α-hetero) is 1. The first-order valence-corrected chi connectivity index (χ1v) is 17.1. The Kier molecular flexibility index (Phi) is 14.0. The molecule has 1 fully saturated rings. The smallest absolute Gasteiger partial charge is 0.303 e. The van der Waals surface area contributed by atoms with Gasteiger partial charge in [0, 0.05) is 18.3 Å². The number of aliphatic carboxylic acids is 1. The average Bonchev–Trinajstić information content (AvgIpc) is 3.12. The summed E-state index contributed by atoms with van der Waals surface area (Å²) >= 11 is 0. The van der Waals surface area contributed by atoms with Crippen LogP contribution in [-0.4, -0.2) is 49.8 Å². The minimum Gasteiger partial charge on any atom is -0.481 e. The number of carbonyl (C=O) groups excluding carboxylic acids is 1. The van der Waals surface area contributed by atoms with E-state index >= 15 is 0 Å². The molecule has 1 heterocycles. The third-order valence-corrected chi connectivity index (χ3v) is 12.2. The topological polar surface area (TPSA) is 82.1 Å². The molecule has 1 aliphatic heterocycles. The van der Waals surface area contributed by atoms with E-state index in [1.807, 2.05) is 26.0 Å². The van der Waals surface area contributed by atoms with Crippen LogP contribution in [0.15, 0.2) is 24.3 Å². The van der Waals surface area contributed by atoms with E-state index in [2.05, 4.69) is 52.9 Å².